The smallest absolute Gasteiger partial charge is 0.0589 e. The minimum Gasteiger partial charge on any atom is -0.383 e. The van der Waals surface area contributed by atoms with Crippen molar-refractivity contribution in [3.63, 3.8) is 0 Å². The van der Waals surface area contributed by atoms with Crippen molar-refractivity contribution in [1.82, 2.24) is 4.90 Å². The molecule has 13 heavy (non-hydrogen) atoms. The number of hydrogen-bond donors (Lipinski definition) is 0. The fourth-order valence-electron chi connectivity index (χ4n) is 1.70. The van der Waals surface area contributed by atoms with E-state index in [1.165, 1.54) is 13.0 Å². The van der Waals surface area contributed by atoms with E-state index >= 15 is 0 Å². The summed E-state index contributed by atoms with van der Waals surface area (Å²) in [4.78, 5) is 4.00. The van der Waals surface area contributed by atoms with E-state index in [2.05, 4.69) is 16.3 Å². The number of methoxy groups -OCH3 is 1. The maximum Gasteiger partial charge on any atom is 0.0589 e. The van der Waals surface area contributed by atoms with Crippen LogP contribution in [0.15, 0.2) is 11.4 Å². The maximum absolute atomic E-state index is 5.08. The quantitative estimate of drug-likeness (QED) is 0.732. The molecule has 0 unspecified atom stereocenters. The van der Waals surface area contributed by atoms with Gasteiger partial charge in [0.15, 0.2) is 0 Å². The molecule has 1 aliphatic heterocycles. The van der Waals surface area contributed by atoms with Gasteiger partial charge >= 0.3 is 0 Å². The SMILES string of the molecule is COCCN1CCc2ccsc2C1. The van der Waals surface area contributed by atoms with Crippen LogP contribution in [-0.2, 0) is 17.7 Å². The summed E-state index contributed by atoms with van der Waals surface area (Å²) in [5.74, 6) is 0. The molecule has 0 saturated heterocycles. The lowest BCUT2D eigenvalue weighted by Gasteiger charge is -2.26. The third-order valence-electron chi connectivity index (χ3n) is 2.51. The lowest BCUT2D eigenvalue weighted by molar-refractivity contribution is 0.141. The first kappa shape index (κ1) is 9.19. The molecule has 0 N–H and O–H groups in total. The van der Waals surface area contributed by atoms with E-state index in [4.69, 9.17) is 4.74 Å². The Bertz CT molecular complexity index is 272. The molecule has 2 heterocycles. The zero-order chi connectivity index (χ0) is 9.10. The van der Waals surface area contributed by atoms with Gasteiger partial charge in [-0.1, -0.05) is 0 Å². The molecule has 2 nitrogen and oxygen atoms in total. The third-order valence-corrected chi connectivity index (χ3v) is 3.46. The number of thiophene rings is 1. The molecule has 0 saturated carbocycles. The van der Waals surface area contributed by atoms with Crippen LogP contribution in [0.3, 0.4) is 0 Å². The second kappa shape index (κ2) is 4.22. The van der Waals surface area contributed by atoms with Gasteiger partial charge in [-0.25, -0.2) is 0 Å². The molecule has 0 amide bonds. The van der Waals surface area contributed by atoms with Gasteiger partial charge in [0.2, 0.25) is 0 Å². The van der Waals surface area contributed by atoms with Crippen LogP contribution in [0.5, 0.6) is 0 Å². The van der Waals surface area contributed by atoms with Crippen molar-refractivity contribution in [3.8, 4) is 0 Å². The summed E-state index contributed by atoms with van der Waals surface area (Å²) in [5, 5.41) is 2.20. The second-order valence-electron chi connectivity index (χ2n) is 3.39. The Labute approximate surface area is 83.1 Å². The van der Waals surface area contributed by atoms with Gasteiger partial charge in [0.25, 0.3) is 0 Å². The molecular formula is C10H15NOS. The molecule has 2 rings (SSSR count). The molecule has 0 atom stereocenters. The average Bonchev–Trinajstić information content (AvgIpc) is 2.61. The molecule has 3 heteroatoms. The lowest BCUT2D eigenvalue weighted by atomic mass is 10.1. The Balaban J connectivity index is 1.93. The van der Waals surface area contributed by atoms with Crippen LogP contribution in [0.1, 0.15) is 10.4 Å². The highest BCUT2D eigenvalue weighted by atomic mass is 32.1. The highest BCUT2D eigenvalue weighted by Crippen LogP contribution is 2.23. The Morgan fingerprint density at radius 3 is 3.38 bits per heavy atom. The molecule has 0 aliphatic carbocycles. The van der Waals surface area contributed by atoms with Crippen LogP contribution < -0.4 is 0 Å². The third kappa shape index (κ3) is 2.10. The van der Waals surface area contributed by atoms with Gasteiger partial charge in [-0.05, 0) is 23.4 Å². The number of hydrogen-bond acceptors (Lipinski definition) is 3. The van der Waals surface area contributed by atoms with Crippen LogP contribution in [0.2, 0.25) is 0 Å². The molecule has 0 radical (unpaired) electrons. The van der Waals surface area contributed by atoms with E-state index in [0.717, 1.165) is 19.7 Å². The zero-order valence-electron chi connectivity index (χ0n) is 7.95. The highest BCUT2D eigenvalue weighted by molar-refractivity contribution is 7.10. The van der Waals surface area contributed by atoms with Crippen molar-refractivity contribution in [2.45, 2.75) is 13.0 Å². The molecule has 0 spiro atoms. The van der Waals surface area contributed by atoms with Gasteiger partial charge in [0.05, 0.1) is 6.61 Å². The molecule has 0 bridgehead atoms. The topological polar surface area (TPSA) is 12.5 Å². The van der Waals surface area contributed by atoms with Crippen LogP contribution in [0.25, 0.3) is 0 Å². The minimum absolute atomic E-state index is 0.848. The average molecular weight is 197 g/mol. The van der Waals surface area contributed by atoms with Gasteiger partial charge in [0, 0.05) is 31.6 Å². The Kier molecular flexibility index (Phi) is 2.98. The highest BCUT2D eigenvalue weighted by Gasteiger charge is 2.16. The predicted octanol–water partition coefficient (Wildman–Crippen LogP) is 1.75. The standard InChI is InChI=1S/C10H15NOS/c1-12-6-5-11-4-2-9-3-7-13-10(9)8-11/h3,7H,2,4-6,8H2,1H3. The van der Waals surface area contributed by atoms with Crippen molar-refractivity contribution >= 4 is 11.3 Å². The molecule has 0 aromatic carbocycles. The zero-order valence-corrected chi connectivity index (χ0v) is 8.77. The minimum atomic E-state index is 0.848. The summed E-state index contributed by atoms with van der Waals surface area (Å²) in [7, 11) is 1.76. The van der Waals surface area contributed by atoms with Gasteiger partial charge < -0.3 is 4.74 Å². The molecular weight excluding hydrogens is 182 g/mol. The van der Waals surface area contributed by atoms with Crippen molar-refractivity contribution in [3.05, 3.63) is 21.9 Å². The summed E-state index contributed by atoms with van der Waals surface area (Å²) in [6, 6.07) is 2.26. The monoisotopic (exact) mass is 197 g/mol. The Morgan fingerprint density at radius 2 is 2.54 bits per heavy atom. The summed E-state index contributed by atoms with van der Waals surface area (Å²) in [6.45, 7) is 4.22. The van der Waals surface area contributed by atoms with Crippen molar-refractivity contribution in [2.24, 2.45) is 0 Å². The van der Waals surface area contributed by atoms with Gasteiger partial charge in [-0.3, -0.25) is 4.90 Å². The number of fused-ring (bicyclic) bond motifs is 1. The van der Waals surface area contributed by atoms with Gasteiger partial charge in [-0.2, -0.15) is 0 Å². The molecule has 0 fully saturated rings. The summed E-state index contributed by atoms with van der Waals surface area (Å²) >= 11 is 1.88. The van der Waals surface area contributed by atoms with Crippen molar-refractivity contribution < 1.29 is 4.74 Å². The predicted molar refractivity (Wildman–Crippen MR) is 55.2 cm³/mol. The second-order valence-corrected chi connectivity index (χ2v) is 4.39. The largest absolute Gasteiger partial charge is 0.383 e. The van der Waals surface area contributed by atoms with Crippen LogP contribution >= 0.6 is 11.3 Å². The molecule has 1 aliphatic rings. The lowest BCUT2D eigenvalue weighted by Crippen LogP contribution is -2.32. The van der Waals surface area contributed by atoms with E-state index in [1.54, 1.807) is 17.6 Å². The van der Waals surface area contributed by atoms with Gasteiger partial charge in [-0.15, -0.1) is 11.3 Å². The Morgan fingerprint density at radius 1 is 1.62 bits per heavy atom. The summed E-state index contributed by atoms with van der Waals surface area (Å²) in [5.41, 5.74) is 1.55. The van der Waals surface area contributed by atoms with E-state index in [0.29, 0.717) is 0 Å². The van der Waals surface area contributed by atoms with Crippen molar-refractivity contribution in [1.29, 1.82) is 0 Å². The summed E-state index contributed by atoms with van der Waals surface area (Å²) in [6.07, 6.45) is 1.21. The first-order valence-corrected chi connectivity index (χ1v) is 5.54. The first-order valence-electron chi connectivity index (χ1n) is 4.66. The molecule has 1 aromatic heterocycles. The van der Waals surface area contributed by atoms with Crippen LogP contribution in [-0.4, -0.2) is 31.7 Å². The molecule has 1 aromatic rings. The van der Waals surface area contributed by atoms with Crippen LogP contribution in [0, 0.1) is 0 Å². The van der Waals surface area contributed by atoms with E-state index in [-0.39, 0.29) is 0 Å². The first-order chi connectivity index (χ1) is 6.40. The molecule has 72 valence electrons. The normalized spacial score (nSPS) is 17.3. The van der Waals surface area contributed by atoms with E-state index in [1.807, 2.05) is 11.3 Å². The van der Waals surface area contributed by atoms with Gasteiger partial charge in [0.1, 0.15) is 0 Å². The number of nitrogens with zero attached hydrogens (tertiary/aromatic N) is 1. The van der Waals surface area contributed by atoms with Crippen LogP contribution in [0.4, 0.5) is 0 Å². The fraction of sp³-hybridized carbons (Fsp3) is 0.600. The number of rotatable bonds is 3. The van der Waals surface area contributed by atoms with E-state index < -0.39 is 0 Å². The van der Waals surface area contributed by atoms with E-state index in [9.17, 15) is 0 Å². The summed E-state index contributed by atoms with van der Waals surface area (Å²) < 4.78 is 5.08. The fourth-order valence-corrected chi connectivity index (χ4v) is 2.68. The van der Waals surface area contributed by atoms with Crippen molar-refractivity contribution in [2.75, 3.05) is 26.8 Å². The maximum atomic E-state index is 5.08. The number of ether oxygens (including phenoxy) is 1. The Hall–Kier alpha value is -0.380.